The van der Waals surface area contributed by atoms with Crippen molar-refractivity contribution in [3.05, 3.63) is 36.4 Å². The number of ether oxygens (including phenoxy) is 2. The van der Waals surface area contributed by atoms with Gasteiger partial charge in [0, 0.05) is 49.2 Å². The topological polar surface area (TPSA) is 86.1 Å². The first-order valence-electron chi connectivity index (χ1n) is 11.3. The first-order chi connectivity index (χ1) is 15.7. The molecule has 1 heterocycles. The molecule has 2 aromatic rings. The number of carbonyl (C=O) groups excluding carboxylic acids is 2. The van der Waals surface area contributed by atoms with Gasteiger partial charge in [-0.2, -0.15) is 5.26 Å². The van der Waals surface area contributed by atoms with E-state index in [1.54, 1.807) is 11.8 Å². The Morgan fingerprint density at radius 3 is 2.33 bits per heavy atom. The summed E-state index contributed by atoms with van der Waals surface area (Å²) in [6.07, 6.45) is 2.06. The van der Waals surface area contributed by atoms with Crippen LogP contribution in [0.25, 0.3) is 10.8 Å². The quantitative estimate of drug-likeness (QED) is 0.370. The van der Waals surface area contributed by atoms with E-state index in [-0.39, 0.29) is 25.0 Å². The Kier molecular flexibility index (Phi) is 7.64. The number of carbonyl (C=O) groups is 2. The summed E-state index contributed by atoms with van der Waals surface area (Å²) >= 11 is 0. The third-order valence-corrected chi connectivity index (χ3v) is 5.41. The highest BCUT2D eigenvalue weighted by atomic mass is 16.6. The van der Waals surface area contributed by atoms with E-state index in [9.17, 15) is 14.9 Å². The molecule has 1 aliphatic rings. The van der Waals surface area contributed by atoms with Crippen molar-refractivity contribution < 1.29 is 19.1 Å². The van der Waals surface area contributed by atoms with E-state index in [1.807, 2.05) is 57.2 Å². The fourth-order valence-electron chi connectivity index (χ4n) is 3.90. The number of nitrogens with zero attached hydrogens (tertiary/aromatic N) is 4. The Bertz CT molecular complexity index is 1030. The molecule has 1 saturated heterocycles. The monoisotopic (exact) mass is 452 g/mol. The number of fused-ring (bicyclic) bond motifs is 1. The highest BCUT2D eigenvalue weighted by Gasteiger charge is 2.27. The van der Waals surface area contributed by atoms with E-state index in [0.29, 0.717) is 32.8 Å². The number of piperazine rings is 1. The summed E-state index contributed by atoms with van der Waals surface area (Å²) < 4.78 is 10.5. The van der Waals surface area contributed by atoms with Crippen molar-refractivity contribution in [2.75, 3.05) is 49.1 Å². The molecule has 0 saturated carbocycles. The van der Waals surface area contributed by atoms with Gasteiger partial charge in [0.1, 0.15) is 5.60 Å². The van der Waals surface area contributed by atoms with Crippen LogP contribution in [0.3, 0.4) is 0 Å². The summed E-state index contributed by atoms with van der Waals surface area (Å²) in [5.41, 5.74) is 1.30. The van der Waals surface area contributed by atoms with Gasteiger partial charge in [0.05, 0.1) is 18.7 Å². The lowest BCUT2D eigenvalue weighted by molar-refractivity contribution is -0.142. The van der Waals surface area contributed by atoms with Gasteiger partial charge in [0.2, 0.25) is 0 Å². The van der Waals surface area contributed by atoms with E-state index in [4.69, 9.17) is 9.47 Å². The molecule has 1 fully saturated rings. The second-order valence-electron chi connectivity index (χ2n) is 8.91. The minimum Gasteiger partial charge on any atom is -0.466 e. The van der Waals surface area contributed by atoms with Crippen molar-refractivity contribution in [3.63, 3.8) is 0 Å². The van der Waals surface area contributed by atoms with Crippen molar-refractivity contribution in [2.45, 2.75) is 39.7 Å². The number of rotatable bonds is 6. The van der Waals surface area contributed by atoms with Crippen LogP contribution in [0.4, 0.5) is 16.2 Å². The third-order valence-electron chi connectivity index (χ3n) is 5.41. The molecule has 0 atom stereocenters. The summed E-state index contributed by atoms with van der Waals surface area (Å²) in [5, 5.41) is 11.7. The van der Waals surface area contributed by atoms with Gasteiger partial charge >= 0.3 is 12.1 Å². The Labute approximate surface area is 195 Å². The van der Waals surface area contributed by atoms with Crippen LogP contribution in [0.1, 0.15) is 34.1 Å². The van der Waals surface area contributed by atoms with Gasteiger partial charge in [0.25, 0.3) is 0 Å². The molecule has 33 heavy (non-hydrogen) atoms. The summed E-state index contributed by atoms with van der Waals surface area (Å²) in [6, 6.07) is 11.9. The first kappa shape index (κ1) is 24.2. The standard InChI is InChI=1S/C25H32N4O4/c1-5-32-23(30)12-13-29(18-26)22-11-10-21(19-8-6-7-9-20(19)22)27-14-16-28(17-15-27)24(31)33-25(2,3)4/h6-11H,5,12-17H2,1-4H3. The smallest absolute Gasteiger partial charge is 0.410 e. The lowest BCUT2D eigenvalue weighted by atomic mass is 10.0. The molecule has 0 aromatic heterocycles. The van der Waals surface area contributed by atoms with Gasteiger partial charge in [-0.3, -0.25) is 9.69 Å². The number of nitriles is 1. The van der Waals surface area contributed by atoms with Gasteiger partial charge in [-0.05, 0) is 39.8 Å². The SMILES string of the molecule is CCOC(=O)CCN(C#N)c1ccc(N2CCN(C(=O)OC(C)(C)C)CC2)c2ccccc12. The molecule has 1 aliphatic heterocycles. The molecule has 8 nitrogen and oxygen atoms in total. The second kappa shape index (κ2) is 10.4. The average molecular weight is 453 g/mol. The number of amides is 1. The maximum atomic E-state index is 12.4. The lowest BCUT2D eigenvalue weighted by Gasteiger charge is -2.37. The molecule has 8 heteroatoms. The van der Waals surface area contributed by atoms with E-state index < -0.39 is 5.60 Å². The van der Waals surface area contributed by atoms with Crippen LogP contribution in [0.2, 0.25) is 0 Å². The van der Waals surface area contributed by atoms with Gasteiger partial charge < -0.3 is 19.3 Å². The molecule has 0 radical (unpaired) electrons. The van der Waals surface area contributed by atoms with Gasteiger partial charge in [-0.15, -0.1) is 0 Å². The summed E-state index contributed by atoms with van der Waals surface area (Å²) in [4.78, 5) is 29.7. The van der Waals surface area contributed by atoms with Crippen LogP contribution >= 0.6 is 0 Å². The van der Waals surface area contributed by atoms with Crippen molar-refractivity contribution in [3.8, 4) is 6.19 Å². The Morgan fingerprint density at radius 2 is 1.73 bits per heavy atom. The molecule has 176 valence electrons. The van der Waals surface area contributed by atoms with Crippen LogP contribution in [-0.4, -0.2) is 61.9 Å². The van der Waals surface area contributed by atoms with Crippen molar-refractivity contribution in [1.29, 1.82) is 5.26 Å². The molecule has 1 amide bonds. The maximum Gasteiger partial charge on any atom is 0.410 e. The fourth-order valence-corrected chi connectivity index (χ4v) is 3.90. The Hall–Kier alpha value is -3.47. The summed E-state index contributed by atoms with van der Waals surface area (Å²) in [7, 11) is 0. The Morgan fingerprint density at radius 1 is 1.06 bits per heavy atom. The lowest BCUT2D eigenvalue weighted by Crippen LogP contribution is -2.50. The van der Waals surface area contributed by atoms with Crippen LogP contribution in [0, 0.1) is 11.5 Å². The molecule has 0 bridgehead atoms. The van der Waals surface area contributed by atoms with Gasteiger partial charge in [-0.1, -0.05) is 24.3 Å². The zero-order valence-electron chi connectivity index (χ0n) is 19.8. The molecular weight excluding hydrogens is 420 g/mol. The second-order valence-corrected chi connectivity index (χ2v) is 8.91. The van der Waals surface area contributed by atoms with E-state index >= 15 is 0 Å². The first-order valence-corrected chi connectivity index (χ1v) is 11.3. The highest BCUT2D eigenvalue weighted by molar-refractivity contribution is 6.03. The molecule has 0 N–H and O–H groups in total. The fraction of sp³-hybridized carbons (Fsp3) is 0.480. The van der Waals surface area contributed by atoms with Gasteiger partial charge in [0.15, 0.2) is 6.19 Å². The van der Waals surface area contributed by atoms with Crippen molar-refractivity contribution in [2.24, 2.45) is 0 Å². The highest BCUT2D eigenvalue weighted by Crippen LogP contribution is 2.35. The van der Waals surface area contributed by atoms with Crippen LogP contribution in [0.5, 0.6) is 0 Å². The molecule has 0 spiro atoms. The minimum absolute atomic E-state index is 0.143. The molecule has 2 aromatic carbocycles. The van der Waals surface area contributed by atoms with Crippen molar-refractivity contribution >= 4 is 34.2 Å². The van der Waals surface area contributed by atoms with E-state index in [0.717, 1.165) is 22.1 Å². The number of esters is 1. The molecular formula is C25H32N4O4. The molecule has 0 unspecified atom stereocenters. The zero-order chi connectivity index (χ0) is 24.0. The average Bonchev–Trinajstić information content (AvgIpc) is 2.78. The third kappa shape index (κ3) is 6.07. The summed E-state index contributed by atoms with van der Waals surface area (Å²) in [6.45, 7) is 10.5. The predicted molar refractivity (Wildman–Crippen MR) is 128 cm³/mol. The number of hydrogen-bond acceptors (Lipinski definition) is 7. The molecule has 0 aliphatic carbocycles. The Balaban J connectivity index is 1.78. The maximum absolute atomic E-state index is 12.4. The zero-order valence-corrected chi connectivity index (χ0v) is 19.8. The summed E-state index contributed by atoms with van der Waals surface area (Å²) in [5.74, 6) is -0.318. The number of anilines is 2. The van der Waals surface area contributed by atoms with Crippen LogP contribution in [0.15, 0.2) is 36.4 Å². The van der Waals surface area contributed by atoms with Crippen molar-refractivity contribution in [1.82, 2.24) is 4.90 Å². The molecule has 3 rings (SSSR count). The van der Waals surface area contributed by atoms with Crippen LogP contribution < -0.4 is 9.80 Å². The van der Waals surface area contributed by atoms with E-state index in [2.05, 4.69) is 11.1 Å². The normalized spacial score (nSPS) is 14.0. The largest absolute Gasteiger partial charge is 0.466 e. The van der Waals surface area contributed by atoms with Crippen LogP contribution in [-0.2, 0) is 14.3 Å². The number of hydrogen-bond donors (Lipinski definition) is 0. The van der Waals surface area contributed by atoms with E-state index in [1.165, 1.54) is 4.90 Å². The number of benzene rings is 2. The minimum atomic E-state index is -0.514. The predicted octanol–water partition coefficient (Wildman–Crippen LogP) is 4.14. The van der Waals surface area contributed by atoms with Gasteiger partial charge in [-0.25, -0.2) is 4.79 Å².